The van der Waals surface area contributed by atoms with Gasteiger partial charge in [-0.3, -0.25) is 4.79 Å². The number of benzene rings is 1. The number of sulfonamides is 1. The monoisotopic (exact) mass is 349 g/mol. The number of nitrogens with one attached hydrogen (secondary N) is 3. The predicted molar refractivity (Wildman–Crippen MR) is 91.2 cm³/mol. The van der Waals surface area contributed by atoms with Crippen LogP contribution in [0.5, 0.6) is 0 Å². The number of aromatic nitrogens is 1. The van der Waals surface area contributed by atoms with Gasteiger partial charge in [0, 0.05) is 22.3 Å². The summed E-state index contributed by atoms with van der Waals surface area (Å²) in [6.07, 6.45) is 0. The van der Waals surface area contributed by atoms with Gasteiger partial charge in [0.2, 0.25) is 5.91 Å². The lowest BCUT2D eigenvalue weighted by molar-refractivity contribution is -0.115. The molecule has 1 aromatic carbocycles. The Labute approximate surface area is 137 Å². The highest BCUT2D eigenvalue weighted by Crippen LogP contribution is 2.20. The summed E-state index contributed by atoms with van der Waals surface area (Å²) in [7, 11) is -3.63. The summed E-state index contributed by atoms with van der Waals surface area (Å²) in [6.45, 7) is 1.64. The molecule has 120 valence electrons. The maximum atomic E-state index is 11.9. The number of carbonyl (C=O) groups is 1. The molecule has 23 heavy (non-hydrogen) atoms. The SMILES string of the molecule is Cc1cc2cc(NC(=O)CNS(=O)(=O)c3cccs3)ccc2[nH]1. The molecule has 1 amide bonds. The van der Waals surface area contributed by atoms with E-state index in [1.165, 1.54) is 6.07 Å². The minimum atomic E-state index is -3.63. The largest absolute Gasteiger partial charge is 0.359 e. The normalized spacial score (nSPS) is 11.7. The molecular weight excluding hydrogens is 334 g/mol. The fraction of sp³-hybridized carbons (Fsp3) is 0.133. The number of rotatable bonds is 5. The van der Waals surface area contributed by atoms with Crippen LogP contribution in [0.15, 0.2) is 46.0 Å². The molecule has 0 aliphatic heterocycles. The summed E-state index contributed by atoms with van der Waals surface area (Å²) in [5.41, 5.74) is 2.64. The highest BCUT2D eigenvalue weighted by atomic mass is 32.2. The smallest absolute Gasteiger partial charge is 0.250 e. The van der Waals surface area contributed by atoms with E-state index in [9.17, 15) is 13.2 Å². The Kier molecular flexibility index (Phi) is 4.20. The summed E-state index contributed by atoms with van der Waals surface area (Å²) >= 11 is 1.10. The zero-order valence-electron chi connectivity index (χ0n) is 12.3. The predicted octanol–water partition coefficient (Wildman–Crippen LogP) is 2.45. The molecule has 0 radical (unpaired) electrons. The number of amides is 1. The van der Waals surface area contributed by atoms with Crippen LogP contribution in [-0.4, -0.2) is 25.9 Å². The quantitative estimate of drug-likeness (QED) is 0.661. The number of aromatic amines is 1. The maximum absolute atomic E-state index is 11.9. The van der Waals surface area contributed by atoms with Gasteiger partial charge in [-0.15, -0.1) is 11.3 Å². The van der Waals surface area contributed by atoms with Crippen LogP contribution in [0.25, 0.3) is 10.9 Å². The van der Waals surface area contributed by atoms with Crippen LogP contribution >= 0.6 is 11.3 Å². The molecule has 3 aromatic rings. The first-order chi connectivity index (χ1) is 10.9. The van der Waals surface area contributed by atoms with Crippen LogP contribution in [-0.2, 0) is 14.8 Å². The summed E-state index contributed by atoms with van der Waals surface area (Å²) < 4.78 is 26.4. The first-order valence-electron chi connectivity index (χ1n) is 6.86. The van der Waals surface area contributed by atoms with Crippen LogP contribution < -0.4 is 10.0 Å². The average Bonchev–Trinajstić information content (AvgIpc) is 3.13. The molecule has 0 fully saturated rings. The van der Waals surface area contributed by atoms with Crippen molar-refractivity contribution in [3.8, 4) is 0 Å². The third-order valence-electron chi connectivity index (χ3n) is 3.22. The maximum Gasteiger partial charge on any atom is 0.250 e. The average molecular weight is 349 g/mol. The molecule has 0 bridgehead atoms. The van der Waals surface area contributed by atoms with Gasteiger partial charge >= 0.3 is 0 Å². The Balaban J connectivity index is 1.64. The second-order valence-electron chi connectivity index (χ2n) is 5.06. The zero-order valence-corrected chi connectivity index (χ0v) is 13.9. The number of carbonyl (C=O) groups excluding carboxylic acids is 1. The van der Waals surface area contributed by atoms with Gasteiger partial charge in [-0.25, -0.2) is 13.1 Å². The van der Waals surface area contributed by atoms with Gasteiger partial charge in [0.1, 0.15) is 4.21 Å². The Morgan fingerprint density at radius 1 is 1.26 bits per heavy atom. The Bertz CT molecular complexity index is 944. The van der Waals surface area contributed by atoms with Crippen molar-refractivity contribution in [1.29, 1.82) is 0 Å². The topological polar surface area (TPSA) is 91.1 Å². The van der Waals surface area contributed by atoms with Crippen LogP contribution in [0.3, 0.4) is 0 Å². The van der Waals surface area contributed by atoms with E-state index in [0.29, 0.717) is 5.69 Å². The number of fused-ring (bicyclic) bond motifs is 1. The van der Waals surface area contributed by atoms with E-state index in [1.54, 1.807) is 17.5 Å². The van der Waals surface area contributed by atoms with E-state index in [-0.39, 0.29) is 10.8 Å². The van der Waals surface area contributed by atoms with Crippen molar-refractivity contribution in [3.05, 3.63) is 47.5 Å². The van der Waals surface area contributed by atoms with Gasteiger partial charge in [0.25, 0.3) is 10.0 Å². The minimum absolute atomic E-state index is 0.189. The van der Waals surface area contributed by atoms with Gasteiger partial charge in [-0.05, 0) is 42.6 Å². The summed E-state index contributed by atoms with van der Waals surface area (Å²) in [6, 6.07) is 10.6. The fourth-order valence-electron chi connectivity index (χ4n) is 2.21. The van der Waals surface area contributed by atoms with Crippen molar-refractivity contribution in [2.75, 3.05) is 11.9 Å². The molecule has 2 heterocycles. The summed E-state index contributed by atoms with van der Waals surface area (Å²) in [4.78, 5) is 15.1. The molecule has 0 saturated carbocycles. The van der Waals surface area contributed by atoms with Gasteiger partial charge in [-0.1, -0.05) is 6.07 Å². The minimum Gasteiger partial charge on any atom is -0.359 e. The number of thiophene rings is 1. The molecule has 0 atom stereocenters. The van der Waals surface area contributed by atoms with E-state index in [2.05, 4.69) is 15.0 Å². The molecule has 0 spiro atoms. The molecule has 3 N–H and O–H groups in total. The van der Waals surface area contributed by atoms with E-state index < -0.39 is 15.9 Å². The van der Waals surface area contributed by atoms with Gasteiger partial charge < -0.3 is 10.3 Å². The van der Waals surface area contributed by atoms with E-state index in [0.717, 1.165) is 27.9 Å². The lowest BCUT2D eigenvalue weighted by Crippen LogP contribution is -2.32. The molecule has 8 heteroatoms. The molecule has 0 aliphatic rings. The summed E-state index contributed by atoms with van der Waals surface area (Å²) in [5.74, 6) is -0.420. The van der Waals surface area contributed by atoms with Crippen LogP contribution in [0.4, 0.5) is 5.69 Å². The Morgan fingerprint density at radius 3 is 2.83 bits per heavy atom. The number of hydrogen-bond acceptors (Lipinski definition) is 4. The first kappa shape index (κ1) is 15.7. The molecular formula is C15H15N3O3S2. The second kappa shape index (κ2) is 6.15. The second-order valence-corrected chi connectivity index (χ2v) is 8.00. The number of hydrogen-bond donors (Lipinski definition) is 3. The van der Waals surface area contributed by atoms with E-state index >= 15 is 0 Å². The van der Waals surface area contributed by atoms with Crippen LogP contribution in [0.1, 0.15) is 5.69 Å². The van der Waals surface area contributed by atoms with Crippen molar-refractivity contribution < 1.29 is 13.2 Å². The molecule has 0 saturated heterocycles. The van der Waals surface area contributed by atoms with E-state index in [4.69, 9.17) is 0 Å². The third kappa shape index (κ3) is 3.61. The molecule has 2 aromatic heterocycles. The van der Waals surface area contributed by atoms with Crippen molar-refractivity contribution in [2.24, 2.45) is 0 Å². The summed E-state index contributed by atoms with van der Waals surface area (Å²) in [5, 5.41) is 5.34. The van der Waals surface area contributed by atoms with E-state index in [1.807, 2.05) is 25.1 Å². The highest BCUT2D eigenvalue weighted by Gasteiger charge is 2.16. The molecule has 6 nitrogen and oxygen atoms in total. The molecule has 0 unspecified atom stereocenters. The lowest BCUT2D eigenvalue weighted by atomic mass is 10.2. The number of aryl methyl sites for hydroxylation is 1. The van der Waals surface area contributed by atoms with Crippen LogP contribution in [0.2, 0.25) is 0 Å². The molecule has 0 aliphatic carbocycles. The Hall–Kier alpha value is -2.16. The zero-order chi connectivity index (χ0) is 16.4. The lowest BCUT2D eigenvalue weighted by Gasteiger charge is -2.07. The van der Waals surface area contributed by atoms with Crippen molar-refractivity contribution >= 4 is 43.9 Å². The van der Waals surface area contributed by atoms with Gasteiger partial charge in [-0.2, -0.15) is 0 Å². The first-order valence-corrected chi connectivity index (χ1v) is 9.23. The number of H-pyrrole nitrogens is 1. The molecule has 3 rings (SSSR count). The van der Waals surface area contributed by atoms with Crippen LogP contribution in [0, 0.1) is 6.92 Å². The van der Waals surface area contributed by atoms with Gasteiger partial charge in [0.05, 0.1) is 6.54 Å². The Morgan fingerprint density at radius 2 is 2.09 bits per heavy atom. The van der Waals surface area contributed by atoms with Crippen molar-refractivity contribution in [1.82, 2.24) is 9.71 Å². The number of anilines is 1. The van der Waals surface area contributed by atoms with Crippen molar-refractivity contribution in [2.45, 2.75) is 11.1 Å². The van der Waals surface area contributed by atoms with Crippen molar-refractivity contribution in [3.63, 3.8) is 0 Å². The fourth-order valence-corrected chi connectivity index (χ4v) is 4.23. The highest BCUT2D eigenvalue weighted by molar-refractivity contribution is 7.91. The standard InChI is InChI=1S/C15H15N3O3S2/c1-10-7-11-8-12(4-5-13(11)17-10)18-14(19)9-16-23(20,21)15-3-2-6-22-15/h2-8,16-17H,9H2,1H3,(H,18,19). The van der Waals surface area contributed by atoms with Gasteiger partial charge in [0.15, 0.2) is 0 Å². The third-order valence-corrected chi connectivity index (χ3v) is 6.02.